The van der Waals surface area contributed by atoms with Crippen molar-refractivity contribution < 1.29 is 4.79 Å². The van der Waals surface area contributed by atoms with Crippen molar-refractivity contribution in [3.63, 3.8) is 0 Å². The van der Waals surface area contributed by atoms with Gasteiger partial charge < -0.3 is 5.32 Å². The predicted molar refractivity (Wildman–Crippen MR) is 105 cm³/mol. The summed E-state index contributed by atoms with van der Waals surface area (Å²) in [6.45, 7) is 4.38. The summed E-state index contributed by atoms with van der Waals surface area (Å²) in [5.74, 6) is 0.569. The van der Waals surface area contributed by atoms with E-state index in [1.807, 2.05) is 26.0 Å². The Bertz CT molecular complexity index is 1100. The van der Waals surface area contributed by atoms with Crippen LogP contribution in [0.15, 0.2) is 53.3 Å². The van der Waals surface area contributed by atoms with Crippen LogP contribution in [-0.4, -0.2) is 15.6 Å². The number of carbonyl (C=O) groups excluding carboxylic acids is 1. The summed E-state index contributed by atoms with van der Waals surface area (Å²) in [6, 6.07) is 15.3. The van der Waals surface area contributed by atoms with E-state index < -0.39 is 11.7 Å². The summed E-state index contributed by atoms with van der Waals surface area (Å²) in [6.07, 6.45) is 0. The molecule has 2 N–H and O–H groups in total. The standard InChI is InChI=1S/C20H19N5O2/c1-13(2)12-25-18(15-8-4-6-10-17(15)23-20(25)27)24-19(26)22-16-9-5-3-7-14(16)11-21/h3-10,13H,12H2,1-2H3,(H2,22,24,26). The molecule has 1 heterocycles. The van der Waals surface area contributed by atoms with Crippen LogP contribution in [0.4, 0.5) is 16.3 Å². The first-order valence-corrected chi connectivity index (χ1v) is 8.56. The molecule has 2 aromatic carbocycles. The number of aromatic nitrogens is 2. The van der Waals surface area contributed by atoms with Gasteiger partial charge in [0.1, 0.15) is 11.9 Å². The number of hydrogen-bond donors (Lipinski definition) is 2. The van der Waals surface area contributed by atoms with Gasteiger partial charge in [-0.25, -0.2) is 9.59 Å². The Labute approximate surface area is 156 Å². The van der Waals surface area contributed by atoms with Crippen molar-refractivity contribution in [1.29, 1.82) is 5.26 Å². The number of nitriles is 1. The second-order valence-corrected chi connectivity index (χ2v) is 6.50. The molecule has 3 rings (SSSR count). The van der Waals surface area contributed by atoms with Gasteiger partial charge in [0.2, 0.25) is 0 Å². The average molecular weight is 361 g/mol. The van der Waals surface area contributed by atoms with Gasteiger partial charge in [0.05, 0.1) is 16.8 Å². The first kappa shape index (κ1) is 18.1. The minimum atomic E-state index is -0.536. The van der Waals surface area contributed by atoms with Gasteiger partial charge in [-0.05, 0) is 30.2 Å². The van der Waals surface area contributed by atoms with Crippen LogP contribution in [0.3, 0.4) is 0 Å². The van der Waals surface area contributed by atoms with Gasteiger partial charge in [0, 0.05) is 11.9 Å². The molecule has 0 aliphatic carbocycles. The first-order valence-electron chi connectivity index (χ1n) is 8.56. The highest BCUT2D eigenvalue weighted by atomic mass is 16.2. The Morgan fingerprint density at radius 3 is 2.59 bits per heavy atom. The molecule has 0 unspecified atom stereocenters. The van der Waals surface area contributed by atoms with Crippen LogP contribution in [0.2, 0.25) is 0 Å². The molecule has 136 valence electrons. The van der Waals surface area contributed by atoms with Crippen LogP contribution in [-0.2, 0) is 6.54 Å². The largest absolute Gasteiger partial charge is 0.349 e. The van der Waals surface area contributed by atoms with Crippen molar-refractivity contribution in [2.24, 2.45) is 5.92 Å². The van der Waals surface area contributed by atoms with Gasteiger partial charge in [-0.2, -0.15) is 10.2 Å². The lowest BCUT2D eigenvalue weighted by atomic mass is 10.2. The topological polar surface area (TPSA) is 99.8 Å². The molecule has 0 atom stereocenters. The van der Waals surface area contributed by atoms with E-state index in [0.717, 1.165) is 0 Å². The molecular formula is C20H19N5O2. The van der Waals surface area contributed by atoms with E-state index in [9.17, 15) is 9.59 Å². The van der Waals surface area contributed by atoms with Gasteiger partial charge in [-0.15, -0.1) is 0 Å². The molecule has 0 aliphatic heterocycles. The molecule has 0 spiro atoms. The molecule has 27 heavy (non-hydrogen) atoms. The van der Waals surface area contributed by atoms with Crippen molar-refractivity contribution >= 4 is 28.4 Å². The lowest BCUT2D eigenvalue weighted by Gasteiger charge is -2.17. The van der Waals surface area contributed by atoms with E-state index in [1.165, 1.54) is 4.57 Å². The minimum Gasteiger partial charge on any atom is -0.306 e. The van der Waals surface area contributed by atoms with Crippen molar-refractivity contribution in [1.82, 2.24) is 9.55 Å². The highest BCUT2D eigenvalue weighted by molar-refractivity contribution is 6.04. The van der Waals surface area contributed by atoms with Crippen LogP contribution in [0.1, 0.15) is 19.4 Å². The molecule has 0 fully saturated rings. The molecule has 7 nitrogen and oxygen atoms in total. The normalized spacial score (nSPS) is 10.6. The number of urea groups is 1. The molecule has 0 saturated carbocycles. The molecule has 0 bridgehead atoms. The summed E-state index contributed by atoms with van der Waals surface area (Å²) >= 11 is 0. The van der Waals surface area contributed by atoms with Gasteiger partial charge >= 0.3 is 11.7 Å². The van der Waals surface area contributed by atoms with Crippen molar-refractivity contribution in [2.75, 3.05) is 10.6 Å². The monoisotopic (exact) mass is 361 g/mol. The van der Waals surface area contributed by atoms with E-state index in [4.69, 9.17) is 5.26 Å². The van der Waals surface area contributed by atoms with E-state index in [1.54, 1.807) is 42.5 Å². The number of hydrogen-bond acceptors (Lipinski definition) is 4. The average Bonchev–Trinajstić information content (AvgIpc) is 2.64. The summed E-state index contributed by atoms with van der Waals surface area (Å²) in [5.41, 5.74) is 0.839. The van der Waals surface area contributed by atoms with Crippen molar-refractivity contribution in [3.8, 4) is 6.07 Å². The molecular weight excluding hydrogens is 342 g/mol. The van der Waals surface area contributed by atoms with Crippen LogP contribution >= 0.6 is 0 Å². The zero-order chi connectivity index (χ0) is 19.4. The Hall–Kier alpha value is -3.66. The lowest BCUT2D eigenvalue weighted by molar-refractivity contribution is 0.262. The van der Waals surface area contributed by atoms with Gasteiger partial charge in [-0.1, -0.05) is 38.1 Å². The Morgan fingerprint density at radius 1 is 1.15 bits per heavy atom. The van der Waals surface area contributed by atoms with E-state index in [-0.39, 0.29) is 5.92 Å². The Balaban J connectivity index is 2.01. The molecule has 3 aromatic rings. The number of nitrogens with zero attached hydrogens (tertiary/aromatic N) is 3. The zero-order valence-corrected chi connectivity index (χ0v) is 15.1. The maximum absolute atomic E-state index is 12.6. The number of rotatable bonds is 4. The number of benzene rings is 2. The number of nitrogens with one attached hydrogen (secondary N) is 2. The lowest BCUT2D eigenvalue weighted by Crippen LogP contribution is -2.31. The maximum atomic E-state index is 12.6. The van der Waals surface area contributed by atoms with Crippen LogP contribution in [0.25, 0.3) is 10.9 Å². The van der Waals surface area contributed by atoms with E-state index in [2.05, 4.69) is 15.6 Å². The SMILES string of the molecule is CC(C)Cn1c(NC(=O)Nc2ccccc2C#N)c2ccccc2nc1=O. The quantitative estimate of drug-likeness (QED) is 0.742. The second kappa shape index (κ2) is 7.70. The molecule has 1 aromatic heterocycles. The smallest absolute Gasteiger partial charge is 0.306 e. The third-order valence-electron chi connectivity index (χ3n) is 3.95. The van der Waals surface area contributed by atoms with Crippen LogP contribution in [0, 0.1) is 17.2 Å². The summed E-state index contributed by atoms with van der Waals surface area (Å²) in [4.78, 5) is 29.1. The maximum Gasteiger partial charge on any atom is 0.349 e. The number of amides is 2. The highest BCUT2D eigenvalue weighted by Crippen LogP contribution is 2.21. The van der Waals surface area contributed by atoms with Gasteiger partial charge in [-0.3, -0.25) is 9.88 Å². The van der Waals surface area contributed by atoms with Crippen LogP contribution < -0.4 is 16.3 Å². The summed E-state index contributed by atoms with van der Waals surface area (Å²) in [7, 11) is 0. The molecule has 2 amide bonds. The summed E-state index contributed by atoms with van der Waals surface area (Å²) in [5, 5.41) is 15.3. The zero-order valence-electron chi connectivity index (χ0n) is 15.1. The Kier molecular flexibility index (Phi) is 5.18. The summed E-state index contributed by atoms with van der Waals surface area (Å²) < 4.78 is 1.46. The first-order chi connectivity index (χ1) is 13.0. The minimum absolute atomic E-state index is 0.189. The molecule has 7 heteroatoms. The third-order valence-corrected chi connectivity index (χ3v) is 3.95. The van der Waals surface area contributed by atoms with E-state index in [0.29, 0.717) is 34.5 Å². The Morgan fingerprint density at radius 2 is 1.85 bits per heavy atom. The third kappa shape index (κ3) is 3.96. The predicted octanol–water partition coefficient (Wildman–Crippen LogP) is 3.57. The molecule has 0 saturated heterocycles. The number of para-hydroxylation sites is 2. The molecule has 0 aliphatic rings. The fourth-order valence-corrected chi connectivity index (χ4v) is 2.80. The van der Waals surface area contributed by atoms with E-state index >= 15 is 0 Å². The van der Waals surface area contributed by atoms with Crippen LogP contribution in [0.5, 0.6) is 0 Å². The van der Waals surface area contributed by atoms with Gasteiger partial charge in [0.15, 0.2) is 0 Å². The van der Waals surface area contributed by atoms with Gasteiger partial charge in [0.25, 0.3) is 0 Å². The highest BCUT2D eigenvalue weighted by Gasteiger charge is 2.15. The van der Waals surface area contributed by atoms with Crippen molar-refractivity contribution in [2.45, 2.75) is 20.4 Å². The number of anilines is 2. The van der Waals surface area contributed by atoms with Crippen molar-refractivity contribution in [3.05, 3.63) is 64.6 Å². The number of carbonyl (C=O) groups is 1. The number of fused-ring (bicyclic) bond motifs is 1. The fraction of sp³-hybridized carbons (Fsp3) is 0.200. The molecule has 0 radical (unpaired) electrons. The fourth-order valence-electron chi connectivity index (χ4n) is 2.80. The second-order valence-electron chi connectivity index (χ2n) is 6.50.